The molecule has 0 spiro atoms. The van der Waals surface area contributed by atoms with Gasteiger partial charge in [-0.2, -0.15) is 0 Å². The molecule has 1 unspecified atom stereocenters. The van der Waals surface area contributed by atoms with Crippen molar-refractivity contribution in [3.05, 3.63) is 0 Å². The molecule has 3 aliphatic rings. The first-order valence-corrected chi connectivity index (χ1v) is 6.85. The lowest BCUT2D eigenvalue weighted by Gasteiger charge is -2.24. The third-order valence-electron chi connectivity index (χ3n) is 4.31. The summed E-state index contributed by atoms with van der Waals surface area (Å²) < 4.78 is 6.11. The van der Waals surface area contributed by atoms with E-state index in [1.165, 1.54) is 38.5 Å². The lowest BCUT2D eigenvalue weighted by molar-refractivity contribution is 0.142. The molecule has 0 aromatic heterocycles. The van der Waals surface area contributed by atoms with Gasteiger partial charge in [-0.3, -0.25) is 4.99 Å². The summed E-state index contributed by atoms with van der Waals surface area (Å²) in [6.45, 7) is 3.19. The van der Waals surface area contributed by atoms with Crippen molar-refractivity contribution in [3.8, 4) is 0 Å². The van der Waals surface area contributed by atoms with E-state index >= 15 is 0 Å². The first-order valence-electron chi connectivity index (χ1n) is 6.85. The second-order valence-corrected chi connectivity index (χ2v) is 5.40. The Labute approximate surface area is 97.7 Å². The van der Waals surface area contributed by atoms with E-state index in [1.807, 2.05) is 0 Å². The second kappa shape index (κ2) is 4.74. The van der Waals surface area contributed by atoms with E-state index in [9.17, 15) is 0 Å². The van der Waals surface area contributed by atoms with E-state index in [4.69, 9.17) is 4.74 Å². The summed E-state index contributed by atoms with van der Waals surface area (Å²) in [5, 5.41) is 3.39. The second-order valence-electron chi connectivity index (χ2n) is 5.40. The Bertz CT molecular complexity index is 265. The van der Waals surface area contributed by atoms with Gasteiger partial charge in [0.2, 0.25) is 0 Å². The maximum atomic E-state index is 6.11. The standard InChI is InChI=1S/C13H22N2O/c1-2-4-10(3-1)12-9-15-13(16-12)11-5-7-14-8-6-11/h10-12,14H,1-9H2. The molecule has 16 heavy (non-hydrogen) atoms. The van der Waals surface area contributed by atoms with Gasteiger partial charge in [0.15, 0.2) is 5.90 Å². The molecular weight excluding hydrogens is 200 g/mol. The maximum absolute atomic E-state index is 6.11. The summed E-state index contributed by atoms with van der Waals surface area (Å²) in [7, 11) is 0. The van der Waals surface area contributed by atoms with Gasteiger partial charge in [-0.15, -0.1) is 0 Å². The van der Waals surface area contributed by atoms with E-state index < -0.39 is 0 Å². The van der Waals surface area contributed by atoms with Crippen LogP contribution in [0, 0.1) is 11.8 Å². The molecule has 2 aliphatic heterocycles. The summed E-state index contributed by atoms with van der Waals surface area (Å²) in [6.07, 6.45) is 8.35. The predicted molar refractivity (Wildman–Crippen MR) is 64.7 cm³/mol. The van der Waals surface area contributed by atoms with Gasteiger partial charge in [-0.25, -0.2) is 0 Å². The Hall–Kier alpha value is -0.570. The molecule has 3 nitrogen and oxygen atoms in total. The summed E-state index contributed by atoms with van der Waals surface area (Å²) in [5.41, 5.74) is 0. The number of hydrogen-bond acceptors (Lipinski definition) is 3. The SMILES string of the molecule is C1CCC(C2CN=C(C3CCNCC3)O2)C1. The number of hydrogen-bond donors (Lipinski definition) is 1. The van der Waals surface area contributed by atoms with E-state index in [0.717, 1.165) is 31.4 Å². The smallest absolute Gasteiger partial charge is 0.187 e. The van der Waals surface area contributed by atoms with Crippen LogP contribution >= 0.6 is 0 Å². The van der Waals surface area contributed by atoms with Gasteiger partial charge >= 0.3 is 0 Å². The quantitative estimate of drug-likeness (QED) is 0.775. The summed E-state index contributed by atoms with van der Waals surface area (Å²) in [5.74, 6) is 2.48. The van der Waals surface area contributed by atoms with Gasteiger partial charge in [-0.1, -0.05) is 12.8 Å². The molecule has 0 aromatic rings. The highest BCUT2D eigenvalue weighted by atomic mass is 16.5. The van der Waals surface area contributed by atoms with Crippen molar-refractivity contribution in [2.75, 3.05) is 19.6 Å². The summed E-state index contributed by atoms with van der Waals surface area (Å²) in [4.78, 5) is 4.65. The molecule has 1 saturated heterocycles. The number of rotatable bonds is 2. The van der Waals surface area contributed by atoms with Crippen LogP contribution in [0.4, 0.5) is 0 Å². The third kappa shape index (κ3) is 2.10. The molecule has 0 bridgehead atoms. The van der Waals surface area contributed by atoms with Crippen LogP contribution in [0.2, 0.25) is 0 Å². The van der Waals surface area contributed by atoms with E-state index in [2.05, 4.69) is 10.3 Å². The zero-order valence-electron chi connectivity index (χ0n) is 9.95. The topological polar surface area (TPSA) is 33.6 Å². The molecule has 3 heteroatoms. The van der Waals surface area contributed by atoms with Gasteiger partial charge in [-0.05, 0) is 44.7 Å². The zero-order valence-corrected chi connectivity index (χ0v) is 9.95. The molecule has 0 radical (unpaired) electrons. The number of nitrogens with one attached hydrogen (secondary N) is 1. The van der Waals surface area contributed by atoms with Crippen molar-refractivity contribution in [2.24, 2.45) is 16.8 Å². The van der Waals surface area contributed by atoms with Gasteiger partial charge in [0, 0.05) is 5.92 Å². The monoisotopic (exact) mass is 222 g/mol. The van der Waals surface area contributed by atoms with Gasteiger partial charge < -0.3 is 10.1 Å². The van der Waals surface area contributed by atoms with Crippen LogP contribution in [-0.2, 0) is 4.74 Å². The molecular formula is C13H22N2O. The highest BCUT2D eigenvalue weighted by Crippen LogP contribution is 2.32. The van der Waals surface area contributed by atoms with Crippen LogP contribution in [0.3, 0.4) is 0 Å². The third-order valence-corrected chi connectivity index (χ3v) is 4.31. The minimum Gasteiger partial charge on any atom is -0.475 e. The first-order chi connectivity index (χ1) is 7.93. The fourth-order valence-electron chi connectivity index (χ4n) is 3.28. The number of aliphatic imine (C=N–C) groups is 1. The van der Waals surface area contributed by atoms with E-state index in [-0.39, 0.29) is 0 Å². The van der Waals surface area contributed by atoms with Crippen LogP contribution in [0.15, 0.2) is 4.99 Å². The van der Waals surface area contributed by atoms with Crippen LogP contribution < -0.4 is 5.32 Å². The molecule has 3 rings (SSSR count). The predicted octanol–water partition coefficient (Wildman–Crippen LogP) is 1.97. The van der Waals surface area contributed by atoms with Gasteiger partial charge in [0.25, 0.3) is 0 Å². The number of nitrogens with zero attached hydrogens (tertiary/aromatic N) is 1. The molecule has 1 aliphatic carbocycles. The average molecular weight is 222 g/mol. The molecule has 2 heterocycles. The van der Waals surface area contributed by atoms with Crippen LogP contribution in [-0.4, -0.2) is 31.6 Å². The van der Waals surface area contributed by atoms with Crippen molar-refractivity contribution in [1.29, 1.82) is 0 Å². The maximum Gasteiger partial charge on any atom is 0.187 e. The number of piperidine rings is 1. The highest BCUT2D eigenvalue weighted by Gasteiger charge is 2.33. The molecule has 1 saturated carbocycles. The molecule has 0 aromatic carbocycles. The summed E-state index contributed by atoms with van der Waals surface area (Å²) >= 11 is 0. The molecule has 2 fully saturated rings. The van der Waals surface area contributed by atoms with Gasteiger partial charge in [0.1, 0.15) is 6.10 Å². The van der Waals surface area contributed by atoms with E-state index in [0.29, 0.717) is 12.0 Å². The Balaban J connectivity index is 1.54. The minimum absolute atomic E-state index is 0.424. The fourth-order valence-corrected chi connectivity index (χ4v) is 3.28. The van der Waals surface area contributed by atoms with Crippen LogP contribution in [0.5, 0.6) is 0 Å². The Morgan fingerprint density at radius 3 is 2.56 bits per heavy atom. The normalized spacial score (nSPS) is 32.8. The van der Waals surface area contributed by atoms with Crippen molar-refractivity contribution in [1.82, 2.24) is 5.32 Å². The van der Waals surface area contributed by atoms with Crippen molar-refractivity contribution >= 4 is 5.90 Å². The van der Waals surface area contributed by atoms with Gasteiger partial charge in [0.05, 0.1) is 6.54 Å². The van der Waals surface area contributed by atoms with Crippen molar-refractivity contribution in [2.45, 2.75) is 44.6 Å². The van der Waals surface area contributed by atoms with Crippen LogP contribution in [0.25, 0.3) is 0 Å². The molecule has 0 amide bonds. The van der Waals surface area contributed by atoms with Crippen molar-refractivity contribution < 1.29 is 4.74 Å². The Morgan fingerprint density at radius 2 is 1.81 bits per heavy atom. The molecule has 90 valence electrons. The minimum atomic E-state index is 0.424. The first kappa shape index (κ1) is 10.6. The molecule has 1 N–H and O–H groups in total. The van der Waals surface area contributed by atoms with Crippen molar-refractivity contribution in [3.63, 3.8) is 0 Å². The Morgan fingerprint density at radius 1 is 1.06 bits per heavy atom. The van der Waals surface area contributed by atoms with E-state index in [1.54, 1.807) is 0 Å². The zero-order chi connectivity index (χ0) is 10.8. The highest BCUT2D eigenvalue weighted by molar-refractivity contribution is 5.80. The van der Waals surface area contributed by atoms with Crippen LogP contribution in [0.1, 0.15) is 38.5 Å². The molecule has 1 atom stereocenters. The number of ether oxygens (including phenoxy) is 1. The Kier molecular flexibility index (Phi) is 3.13. The average Bonchev–Trinajstić information content (AvgIpc) is 3.01. The lowest BCUT2D eigenvalue weighted by Crippen LogP contribution is -2.33. The largest absolute Gasteiger partial charge is 0.475 e. The summed E-state index contributed by atoms with van der Waals surface area (Å²) in [6, 6.07) is 0. The fraction of sp³-hybridized carbons (Fsp3) is 0.923. The lowest BCUT2D eigenvalue weighted by atomic mass is 9.98.